The predicted octanol–water partition coefficient (Wildman–Crippen LogP) is -1.05. The Kier molecular flexibility index (Phi) is 6.53. The van der Waals surface area contributed by atoms with E-state index in [9.17, 15) is 19.5 Å². The van der Waals surface area contributed by atoms with Gasteiger partial charge in [-0.15, -0.1) is 28.2 Å². The van der Waals surface area contributed by atoms with Crippen LogP contribution < -0.4 is 20.6 Å². The Morgan fingerprint density at radius 3 is 2.89 bits per heavy atom. The molecular formula is C21H20N8O6S2. The normalized spacial score (nSPS) is 25.1. The zero-order valence-corrected chi connectivity index (χ0v) is 20.9. The SMILES string of the molecule is CON=C(C(=O)N[C@@H]1C(=O)N2C(C(=O)[O-])=C(C[N+]3(c4nnco4)C=CC=CC3)CS[C@@H]12)c1csc(N)n1. The molecule has 5 rings (SSSR count). The highest BCUT2D eigenvalue weighted by Crippen LogP contribution is 2.41. The molecule has 3 aliphatic rings. The molecule has 3 atom stereocenters. The van der Waals surface area contributed by atoms with Gasteiger partial charge in [0.15, 0.2) is 10.8 Å². The Morgan fingerprint density at radius 2 is 2.27 bits per heavy atom. The fraction of sp³-hybridized carbons (Fsp3) is 0.286. The molecule has 3 N–H and O–H groups in total. The number of allylic oxidation sites excluding steroid dienone is 2. The minimum Gasteiger partial charge on any atom is -0.543 e. The van der Waals surface area contributed by atoms with Crippen molar-refractivity contribution in [1.29, 1.82) is 0 Å². The van der Waals surface area contributed by atoms with Crippen LogP contribution in [0.1, 0.15) is 5.69 Å². The highest BCUT2D eigenvalue weighted by molar-refractivity contribution is 8.00. The van der Waals surface area contributed by atoms with Crippen LogP contribution in [0.5, 0.6) is 0 Å². The molecule has 1 unspecified atom stereocenters. The number of aliphatic carboxylic acids is 1. The van der Waals surface area contributed by atoms with E-state index in [4.69, 9.17) is 15.0 Å². The summed E-state index contributed by atoms with van der Waals surface area (Å²) in [6.45, 7) is 0.620. The lowest BCUT2D eigenvalue weighted by Crippen LogP contribution is -2.72. The van der Waals surface area contributed by atoms with E-state index in [0.717, 1.165) is 16.2 Å². The molecule has 16 heteroatoms. The molecule has 1 fully saturated rings. The number of rotatable bonds is 8. The van der Waals surface area contributed by atoms with E-state index in [0.29, 0.717) is 12.1 Å². The van der Waals surface area contributed by atoms with Crippen molar-refractivity contribution < 1.29 is 28.7 Å². The van der Waals surface area contributed by atoms with Crippen molar-refractivity contribution >= 4 is 57.7 Å². The van der Waals surface area contributed by atoms with E-state index in [1.165, 1.54) is 30.6 Å². The van der Waals surface area contributed by atoms with Gasteiger partial charge in [0.05, 0.1) is 11.7 Å². The number of quaternary nitrogens is 1. The maximum atomic E-state index is 13.1. The highest BCUT2D eigenvalue weighted by Gasteiger charge is 2.54. The summed E-state index contributed by atoms with van der Waals surface area (Å²) in [4.78, 5) is 48.2. The van der Waals surface area contributed by atoms with Gasteiger partial charge in [-0.1, -0.05) is 16.3 Å². The zero-order chi connectivity index (χ0) is 26.2. The number of β-lactam (4-membered cyclic amide) rings is 1. The van der Waals surface area contributed by atoms with Gasteiger partial charge in [0.2, 0.25) is 6.39 Å². The van der Waals surface area contributed by atoms with E-state index in [1.807, 2.05) is 18.4 Å². The predicted molar refractivity (Wildman–Crippen MR) is 131 cm³/mol. The van der Waals surface area contributed by atoms with Crippen LogP contribution in [0.25, 0.3) is 0 Å². The fourth-order valence-corrected chi connectivity index (χ4v) is 6.21. The lowest BCUT2D eigenvalue weighted by atomic mass is 10.0. The lowest BCUT2D eigenvalue weighted by Gasteiger charge is -2.51. The first-order valence-corrected chi connectivity index (χ1v) is 12.8. The summed E-state index contributed by atoms with van der Waals surface area (Å²) in [5, 5.41) is 27.5. The van der Waals surface area contributed by atoms with Crippen LogP contribution in [0.15, 0.2) is 57.0 Å². The van der Waals surface area contributed by atoms with Crippen LogP contribution in [-0.4, -0.2) is 80.9 Å². The third-order valence-corrected chi connectivity index (χ3v) is 7.96. The summed E-state index contributed by atoms with van der Waals surface area (Å²) in [5.41, 5.74) is 5.93. The number of nitrogens with zero attached hydrogens (tertiary/aromatic N) is 6. The van der Waals surface area contributed by atoms with Crippen LogP contribution in [-0.2, 0) is 19.2 Å². The van der Waals surface area contributed by atoms with Crippen LogP contribution in [0.2, 0.25) is 0 Å². The number of nitrogens with two attached hydrogens (primary N) is 1. The molecule has 1 saturated heterocycles. The van der Waals surface area contributed by atoms with Gasteiger partial charge in [-0.25, -0.2) is 9.47 Å². The standard InChI is InChI=1S/C21H20N8O6S2/c1-34-27-13(12-9-37-20(22)24-12)16(30)25-14-17(31)28-15(19(32)33)11(8-36-18(14)28)7-29(5-3-2-4-6-29)21-26-23-10-35-21/h2-5,9-10,14,18H,6-8H2,1H3,(H3-,22,24,25,30,32,33)/t14-,18+,29?/m1/s1. The van der Waals surface area contributed by atoms with E-state index in [-0.39, 0.29) is 45.0 Å². The van der Waals surface area contributed by atoms with Gasteiger partial charge in [0, 0.05) is 16.7 Å². The van der Waals surface area contributed by atoms with Gasteiger partial charge in [-0.3, -0.25) is 14.5 Å². The third-order valence-electron chi connectivity index (χ3n) is 5.94. The van der Waals surface area contributed by atoms with Crippen LogP contribution in [0.3, 0.4) is 0 Å². The number of carbonyl (C=O) groups is 3. The van der Waals surface area contributed by atoms with Gasteiger partial charge < -0.3 is 30.2 Å². The Hall–Kier alpha value is -4.02. The molecule has 192 valence electrons. The minimum atomic E-state index is -1.49. The first-order valence-electron chi connectivity index (χ1n) is 10.8. The molecule has 0 bridgehead atoms. The van der Waals surface area contributed by atoms with E-state index >= 15 is 0 Å². The number of oxime groups is 1. The summed E-state index contributed by atoms with van der Waals surface area (Å²) >= 11 is 2.44. The van der Waals surface area contributed by atoms with Crippen LogP contribution in [0.4, 0.5) is 11.1 Å². The molecule has 0 spiro atoms. The van der Waals surface area contributed by atoms with Crippen molar-refractivity contribution in [3.8, 4) is 0 Å². The number of nitrogen functional groups attached to an aromatic ring is 1. The smallest absolute Gasteiger partial charge is 0.429 e. The molecule has 2 amide bonds. The number of anilines is 1. The summed E-state index contributed by atoms with van der Waals surface area (Å²) < 4.78 is 5.51. The van der Waals surface area contributed by atoms with E-state index in [2.05, 4.69) is 25.7 Å². The molecule has 0 saturated carbocycles. The van der Waals surface area contributed by atoms with Crippen molar-refractivity contribution in [2.75, 3.05) is 31.7 Å². The maximum absolute atomic E-state index is 13.1. The second-order valence-electron chi connectivity index (χ2n) is 8.16. The van der Waals surface area contributed by atoms with Gasteiger partial charge in [0.25, 0.3) is 11.8 Å². The van der Waals surface area contributed by atoms with Crippen molar-refractivity contribution in [3.63, 3.8) is 0 Å². The monoisotopic (exact) mass is 544 g/mol. The molecule has 0 aliphatic carbocycles. The topological polar surface area (TPSA) is 189 Å². The summed E-state index contributed by atoms with van der Waals surface area (Å²) in [6.07, 6.45) is 8.60. The largest absolute Gasteiger partial charge is 0.543 e. The second kappa shape index (κ2) is 9.79. The molecule has 14 nitrogen and oxygen atoms in total. The Balaban J connectivity index is 1.39. The molecule has 0 aromatic carbocycles. The van der Waals surface area contributed by atoms with Gasteiger partial charge in [-0.05, 0) is 12.2 Å². The molecule has 3 aliphatic heterocycles. The van der Waals surface area contributed by atoms with Crippen molar-refractivity contribution in [2.45, 2.75) is 11.4 Å². The Morgan fingerprint density at radius 1 is 1.43 bits per heavy atom. The van der Waals surface area contributed by atoms with Gasteiger partial charge >= 0.3 is 6.01 Å². The number of hydrogen-bond donors (Lipinski definition) is 2. The van der Waals surface area contributed by atoms with Crippen LogP contribution in [0, 0.1) is 0 Å². The van der Waals surface area contributed by atoms with Gasteiger partial charge in [-0.2, -0.15) is 0 Å². The average Bonchev–Trinajstić information content (AvgIpc) is 3.58. The Bertz CT molecular complexity index is 1370. The lowest BCUT2D eigenvalue weighted by molar-refractivity contribution is -0.301. The third kappa shape index (κ3) is 4.38. The second-order valence-corrected chi connectivity index (χ2v) is 10.2. The van der Waals surface area contributed by atoms with Gasteiger partial charge in [0.1, 0.15) is 43.5 Å². The number of fused-ring (bicyclic) bond motifs is 1. The summed E-state index contributed by atoms with van der Waals surface area (Å²) in [5.74, 6) is -2.51. The number of hydrogen-bond acceptors (Lipinski definition) is 13. The highest BCUT2D eigenvalue weighted by atomic mass is 32.2. The first-order chi connectivity index (χ1) is 17.8. The van der Waals surface area contributed by atoms with Crippen molar-refractivity contribution in [2.24, 2.45) is 5.16 Å². The number of thioether (sulfide) groups is 1. The number of amides is 2. The summed E-state index contributed by atoms with van der Waals surface area (Å²) in [7, 11) is 1.27. The average molecular weight is 545 g/mol. The number of carbonyl (C=O) groups excluding carboxylic acids is 3. The number of carboxylic acid groups (broad SMARTS) is 1. The van der Waals surface area contributed by atoms with E-state index in [1.54, 1.807) is 6.08 Å². The fourth-order valence-electron chi connectivity index (χ4n) is 4.33. The van der Waals surface area contributed by atoms with Crippen molar-refractivity contribution in [1.82, 2.24) is 29.9 Å². The quantitative estimate of drug-likeness (QED) is 0.179. The number of nitrogens with one attached hydrogen (secondary N) is 1. The number of carboxylic acids is 1. The summed E-state index contributed by atoms with van der Waals surface area (Å²) in [6, 6.07) is -0.700. The van der Waals surface area contributed by atoms with E-state index < -0.39 is 29.2 Å². The first kappa shape index (κ1) is 24.7. The maximum Gasteiger partial charge on any atom is 0.429 e. The van der Waals surface area contributed by atoms with Crippen molar-refractivity contribution in [3.05, 3.63) is 53.2 Å². The number of thiazole rings is 1. The molecule has 37 heavy (non-hydrogen) atoms. The zero-order valence-electron chi connectivity index (χ0n) is 19.3. The van der Waals surface area contributed by atoms with Crippen LogP contribution >= 0.6 is 23.1 Å². The molecule has 2 aromatic heterocycles. The molecule has 0 radical (unpaired) electrons. The molecule has 5 heterocycles. The Labute approximate surface area is 217 Å². The molecule has 2 aromatic rings. The minimum absolute atomic E-state index is 0.0592. The number of aromatic nitrogens is 3. The molecular weight excluding hydrogens is 524 g/mol.